The molecule has 0 saturated carbocycles. The molecule has 1 saturated heterocycles. The van der Waals surface area contributed by atoms with Gasteiger partial charge >= 0.3 is 0 Å². The maximum atomic E-state index is 12.9. The average molecular weight is 348 g/mol. The number of carbonyl (C=O) groups excluding carboxylic acids is 2. The van der Waals surface area contributed by atoms with Crippen molar-refractivity contribution in [2.24, 2.45) is 5.92 Å². The molecule has 0 radical (unpaired) electrons. The van der Waals surface area contributed by atoms with Crippen molar-refractivity contribution >= 4 is 23.6 Å². The number of thioether (sulfide) groups is 1. The first-order chi connectivity index (χ1) is 11.1. The van der Waals surface area contributed by atoms with Gasteiger partial charge in [0, 0.05) is 11.3 Å². The molecule has 0 bridgehead atoms. The van der Waals surface area contributed by atoms with Crippen LogP contribution in [0.25, 0.3) is 0 Å². The van der Waals surface area contributed by atoms with Gasteiger partial charge in [0.25, 0.3) is 5.91 Å². The molecule has 0 N–H and O–H groups in total. The van der Waals surface area contributed by atoms with Crippen LogP contribution >= 0.6 is 11.8 Å². The Morgan fingerprint density at radius 3 is 2.29 bits per heavy atom. The SMILES string of the molecule is CC(C)C[C@H]1SC[C@@H](C(=O)[O-])N1C(=O)c1ccc(C(C)(C)C)cc1. The van der Waals surface area contributed by atoms with Crippen molar-refractivity contribution in [2.75, 3.05) is 5.75 Å². The second-order valence-electron chi connectivity index (χ2n) is 7.79. The van der Waals surface area contributed by atoms with E-state index in [4.69, 9.17) is 0 Å². The molecule has 0 aliphatic carbocycles. The van der Waals surface area contributed by atoms with Crippen molar-refractivity contribution in [2.45, 2.75) is 57.9 Å². The summed E-state index contributed by atoms with van der Waals surface area (Å²) in [5.41, 5.74) is 1.69. The minimum Gasteiger partial charge on any atom is -0.548 e. The van der Waals surface area contributed by atoms with E-state index in [2.05, 4.69) is 34.6 Å². The summed E-state index contributed by atoms with van der Waals surface area (Å²) in [4.78, 5) is 25.9. The minimum atomic E-state index is -1.17. The molecule has 0 unspecified atom stereocenters. The summed E-state index contributed by atoms with van der Waals surface area (Å²) in [7, 11) is 0. The van der Waals surface area contributed by atoms with Crippen molar-refractivity contribution in [3.8, 4) is 0 Å². The number of benzene rings is 1. The van der Waals surface area contributed by atoms with Crippen molar-refractivity contribution in [3.63, 3.8) is 0 Å². The third kappa shape index (κ3) is 4.12. The molecule has 1 aromatic carbocycles. The van der Waals surface area contributed by atoms with Gasteiger partial charge in [-0.1, -0.05) is 46.8 Å². The van der Waals surface area contributed by atoms with Crippen LogP contribution in [0.3, 0.4) is 0 Å². The second-order valence-corrected chi connectivity index (χ2v) is 9.00. The number of hydrogen-bond donors (Lipinski definition) is 0. The zero-order chi connectivity index (χ0) is 18.1. The summed E-state index contributed by atoms with van der Waals surface area (Å²) in [6.07, 6.45) is 0.778. The Bertz CT molecular complexity index is 604. The highest BCUT2D eigenvalue weighted by Gasteiger charge is 2.38. The molecule has 132 valence electrons. The fourth-order valence-corrected chi connectivity index (χ4v) is 4.49. The van der Waals surface area contributed by atoms with Crippen molar-refractivity contribution in [1.82, 2.24) is 4.90 Å². The lowest BCUT2D eigenvalue weighted by Crippen LogP contribution is -2.51. The molecular formula is C19H26NO3S-. The van der Waals surface area contributed by atoms with Crippen LogP contribution in [-0.4, -0.2) is 33.9 Å². The summed E-state index contributed by atoms with van der Waals surface area (Å²) < 4.78 is 0. The Labute approximate surface area is 148 Å². The van der Waals surface area contributed by atoms with Crippen molar-refractivity contribution in [3.05, 3.63) is 35.4 Å². The number of aliphatic carboxylic acids is 1. The number of carboxylic acids is 1. The topological polar surface area (TPSA) is 60.4 Å². The number of nitrogens with zero attached hydrogens (tertiary/aromatic N) is 1. The fourth-order valence-electron chi connectivity index (χ4n) is 2.86. The van der Waals surface area contributed by atoms with E-state index in [-0.39, 0.29) is 16.7 Å². The standard InChI is InChI=1S/C19H27NO3S/c1-12(2)10-16-20(15(11-24-16)18(22)23)17(21)13-6-8-14(9-7-13)19(3,4)5/h6-9,12,15-16H,10-11H2,1-5H3,(H,22,23)/p-1/t15-,16+/m0/s1. The molecule has 1 fully saturated rings. The number of carboxylic acid groups (broad SMARTS) is 1. The lowest BCUT2D eigenvalue weighted by atomic mass is 9.86. The van der Waals surface area contributed by atoms with E-state index in [9.17, 15) is 14.7 Å². The van der Waals surface area contributed by atoms with Gasteiger partial charge in [0.05, 0.1) is 17.4 Å². The summed E-state index contributed by atoms with van der Waals surface area (Å²) >= 11 is 1.53. The Morgan fingerprint density at radius 1 is 1.25 bits per heavy atom. The molecule has 2 atom stereocenters. The van der Waals surface area contributed by atoms with Crippen LogP contribution in [0.5, 0.6) is 0 Å². The zero-order valence-corrected chi connectivity index (χ0v) is 15.9. The molecular weight excluding hydrogens is 322 g/mol. The second kappa shape index (κ2) is 7.18. The molecule has 0 aromatic heterocycles. The molecule has 1 heterocycles. The summed E-state index contributed by atoms with van der Waals surface area (Å²) in [6.45, 7) is 10.5. The van der Waals surface area contributed by atoms with E-state index in [1.165, 1.54) is 16.7 Å². The first-order valence-electron chi connectivity index (χ1n) is 8.37. The quantitative estimate of drug-likeness (QED) is 0.839. The van der Waals surface area contributed by atoms with Gasteiger partial charge in [-0.05, 0) is 35.4 Å². The van der Waals surface area contributed by atoms with Gasteiger partial charge in [-0.2, -0.15) is 0 Å². The van der Waals surface area contributed by atoms with Gasteiger partial charge in [0.15, 0.2) is 0 Å². The summed E-state index contributed by atoms with van der Waals surface area (Å²) in [5.74, 6) is -0.610. The zero-order valence-electron chi connectivity index (χ0n) is 15.0. The molecule has 0 spiro atoms. The molecule has 1 aliphatic rings. The average Bonchev–Trinajstić information content (AvgIpc) is 2.88. The Balaban J connectivity index is 2.27. The lowest BCUT2D eigenvalue weighted by Gasteiger charge is -2.31. The minimum absolute atomic E-state index is 0.0127. The molecule has 1 aromatic rings. The van der Waals surface area contributed by atoms with Crippen LogP contribution in [0.15, 0.2) is 24.3 Å². The Kier molecular flexibility index (Phi) is 5.63. The van der Waals surface area contributed by atoms with Crippen molar-refractivity contribution in [1.29, 1.82) is 0 Å². The largest absolute Gasteiger partial charge is 0.548 e. The van der Waals surface area contributed by atoms with E-state index < -0.39 is 12.0 Å². The molecule has 4 nitrogen and oxygen atoms in total. The van der Waals surface area contributed by atoms with E-state index in [0.717, 1.165) is 12.0 Å². The van der Waals surface area contributed by atoms with Crippen LogP contribution in [0.2, 0.25) is 0 Å². The molecule has 1 amide bonds. The first-order valence-corrected chi connectivity index (χ1v) is 9.41. The maximum absolute atomic E-state index is 12.9. The van der Waals surface area contributed by atoms with Crippen LogP contribution in [0.1, 0.15) is 57.0 Å². The Morgan fingerprint density at radius 2 is 1.83 bits per heavy atom. The van der Waals surface area contributed by atoms with Gasteiger partial charge in [-0.3, -0.25) is 4.79 Å². The van der Waals surface area contributed by atoms with Crippen LogP contribution in [0, 0.1) is 5.92 Å². The monoisotopic (exact) mass is 348 g/mol. The van der Waals surface area contributed by atoms with Gasteiger partial charge in [0.1, 0.15) is 0 Å². The number of amides is 1. The molecule has 5 heteroatoms. The van der Waals surface area contributed by atoms with Crippen molar-refractivity contribution < 1.29 is 14.7 Å². The fraction of sp³-hybridized carbons (Fsp3) is 0.579. The van der Waals surface area contributed by atoms with Crippen LogP contribution in [-0.2, 0) is 10.2 Å². The molecule has 1 aliphatic heterocycles. The summed E-state index contributed by atoms with van der Waals surface area (Å²) in [6, 6.07) is 6.63. The van der Waals surface area contributed by atoms with Gasteiger partial charge < -0.3 is 14.8 Å². The Hall–Kier alpha value is -1.49. The highest BCUT2D eigenvalue weighted by Crippen LogP contribution is 2.34. The highest BCUT2D eigenvalue weighted by molar-refractivity contribution is 8.00. The smallest absolute Gasteiger partial charge is 0.255 e. The number of carbonyl (C=O) groups is 2. The predicted octanol–water partition coefficient (Wildman–Crippen LogP) is 2.66. The van der Waals surface area contributed by atoms with Gasteiger partial charge in [-0.15, -0.1) is 11.8 Å². The summed E-state index contributed by atoms with van der Waals surface area (Å²) in [5, 5.41) is 11.3. The van der Waals surface area contributed by atoms with E-state index >= 15 is 0 Å². The van der Waals surface area contributed by atoms with Crippen LogP contribution < -0.4 is 5.11 Å². The lowest BCUT2D eigenvalue weighted by molar-refractivity contribution is -0.310. The van der Waals surface area contributed by atoms with Gasteiger partial charge in [-0.25, -0.2) is 0 Å². The number of rotatable bonds is 4. The highest BCUT2D eigenvalue weighted by atomic mass is 32.2. The van der Waals surface area contributed by atoms with Crippen LogP contribution in [0.4, 0.5) is 0 Å². The van der Waals surface area contributed by atoms with E-state index in [0.29, 0.717) is 17.2 Å². The van der Waals surface area contributed by atoms with E-state index in [1.807, 2.05) is 12.1 Å². The molecule has 2 rings (SSSR count). The first kappa shape index (κ1) is 18.8. The number of hydrogen-bond acceptors (Lipinski definition) is 4. The third-order valence-corrected chi connectivity index (χ3v) is 5.58. The van der Waals surface area contributed by atoms with Gasteiger partial charge in [0.2, 0.25) is 0 Å². The van der Waals surface area contributed by atoms with E-state index in [1.54, 1.807) is 12.1 Å². The maximum Gasteiger partial charge on any atom is 0.255 e. The predicted molar refractivity (Wildman–Crippen MR) is 95.8 cm³/mol. The normalized spacial score (nSPS) is 21.3. The third-order valence-electron chi connectivity index (χ3n) is 4.27. The molecule has 24 heavy (non-hydrogen) atoms.